The van der Waals surface area contributed by atoms with E-state index in [4.69, 9.17) is 0 Å². The molecule has 0 saturated heterocycles. The van der Waals surface area contributed by atoms with Crippen LogP contribution in [0.1, 0.15) is 101 Å². The maximum absolute atomic E-state index is 10.3. The van der Waals surface area contributed by atoms with Gasteiger partial charge in [-0.15, -0.1) is 0 Å². The molecule has 0 aromatic heterocycles. The molecule has 0 bridgehead atoms. The van der Waals surface area contributed by atoms with Crippen molar-refractivity contribution in [3.8, 4) is 0 Å². The van der Waals surface area contributed by atoms with Gasteiger partial charge >= 0.3 is 0 Å². The number of aldehydes is 1. The first-order valence-corrected chi connectivity index (χ1v) is 13.9. The molecule has 37 heavy (non-hydrogen) atoms. The summed E-state index contributed by atoms with van der Waals surface area (Å²) in [6.45, 7) is 23.8. The Balaban J connectivity index is 0.000000384. The Labute approximate surface area is 228 Å². The Morgan fingerprint density at radius 3 is 1.54 bits per heavy atom. The second-order valence-corrected chi connectivity index (χ2v) is 12.0. The Hall–Kier alpha value is -2.67. The zero-order valence-electron chi connectivity index (χ0n) is 25.2. The normalized spacial score (nSPS) is 21.1. The van der Waals surface area contributed by atoms with Gasteiger partial charge in [0.05, 0.1) is 0 Å². The molecule has 0 aliphatic heterocycles. The predicted molar refractivity (Wildman–Crippen MR) is 166 cm³/mol. The minimum absolute atomic E-state index is 0.290. The SMILES string of the molecule is C=C/C=C(C)/C=C/C1=C(C)CCCC1(C)C.CC1=C(/C=C/C(C)=C/C=C/C(C)=C/C=O)C(C)(C)CCC1. The van der Waals surface area contributed by atoms with Crippen LogP contribution in [0.15, 0.2) is 106 Å². The largest absolute Gasteiger partial charge is 0.299 e. The highest BCUT2D eigenvalue weighted by Crippen LogP contribution is 2.41. The van der Waals surface area contributed by atoms with Gasteiger partial charge in [0.2, 0.25) is 0 Å². The van der Waals surface area contributed by atoms with Gasteiger partial charge in [-0.05, 0) is 107 Å². The summed E-state index contributed by atoms with van der Waals surface area (Å²) >= 11 is 0. The Morgan fingerprint density at radius 1 is 0.703 bits per heavy atom. The fourth-order valence-electron chi connectivity index (χ4n) is 5.26. The van der Waals surface area contributed by atoms with Gasteiger partial charge in [0, 0.05) is 0 Å². The van der Waals surface area contributed by atoms with Crippen LogP contribution < -0.4 is 0 Å². The lowest BCUT2D eigenvalue weighted by Gasteiger charge is -2.32. The van der Waals surface area contributed by atoms with Gasteiger partial charge in [-0.3, -0.25) is 4.79 Å². The smallest absolute Gasteiger partial charge is 0.143 e. The lowest BCUT2D eigenvalue weighted by atomic mass is 9.72. The third-order valence-corrected chi connectivity index (χ3v) is 7.54. The average Bonchev–Trinajstić information content (AvgIpc) is 2.78. The Morgan fingerprint density at radius 2 is 1.14 bits per heavy atom. The van der Waals surface area contributed by atoms with E-state index in [-0.39, 0.29) is 5.41 Å². The minimum atomic E-state index is 0.290. The van der Waals surface area contributed by atoms with E-state index >= 15 is 0 Å². The summed E-state index contributed by atoms with van der Waals surface area (Å²) in [4.78, 5) is 10.3. The van der Waals surface area contributed by atoms with Crippen molar-refractivity contribution in [2.45, 2.75) is 101 Å². The number of hydrogen-bond donors (Lipinski definition) is 0. The van der Waals surface area contributed by atoms with Crippen LogP contribution in [0.25, 0.3) is 0 Å². The molecule has 2 aliphatic rings. The quantitative estimate of drug-likeness (QED) is 0.184. The van der Waals surface area contributed by atoms with Crippen molar-refractivity contribution in [3.05, 3.63) is 106 Å². The third-order valence-electron chi connectivity index (χ3n) is 7.54. The molecule has 0 fully saturated rings. The van der Waals surface area contributed by atoms with Crippen LogP contribution in [0, 0.1) is 10.8 Å². The van der Waals surface area contributed by atoms with Gasteiger partial charge in [0.15, 0.2) is 0 Å². The maximum atomic E-state index is 10.3. The van der Waals surface area contributed by atoms with Crippen LogP contribution in [0.3, 0.4) is 0 Å². The van der Waals surface area contributed by atoms with Gasteiger partial charge in [-0.2, -0.15) is 0 Å². The molecule has 1 nitrogen and oxygen atoms in total. The maximum Gasteiger partial charge on any atom is 0.143 e. The standard InChI is InChI=1S/C20H28O.C16H24/c1-16(8-6-9-17(2)13-15-21)11-12-19-18(3)10-7-14-20(19,4)5;1-6-8-13(2)10-11-15-14(3)9-7-12-16(15,4)5/h6,8-9,11-13,15H,7,10,14H2,1-5H3;6,8,10-11H,1,7,9,12H2,2-5H3/b9-6+,12-11+,16-8+,17-13+;11-10+,13-8+. The van der Waals surface area contributed by atoms with E-state index in [0.29, 0.717) is 5.41 Å². The highest BCUT2D eigenvalue weighted by atomic mass is 16.1. The molecule has 0 N–H and O–H groups in total. The van der Waals surface area contributed by atoms with Crippen molar-refractivity contribution >= 4 is 6.29 Å². The van der Waals surface area contributed by atoms with E-state index in [2.05, 4.69) is 92.3 Å². The summed E-state index contributed by atoms with van der Waals surface area (Å²) < 4.78 is 0. The monoisotopic (exact) mass is 500 g/mol. The lowest BCUT2D eigenvalue weighted by molar-refractivity contribution is -0.104. The molecule has 2 aliphatic carbocycles. The number of allylic oxidation sites excluding steroid dienone is 17. The second kappa shape index (κ2) is 15.6. The summed E-state index contributed by atoms with van der Waals surface area (Å²) in [5, 5.41) is 0. The molecule has 0 unspecified atom stereocenters. The first-order valence-electron chi connectivity index (χ1n) is 13.9. The van der Waals surface area contributed by atoms with Crippen LogP contribution >= 0.6 is 0 Å². The molecule has 0 aromatic carbocycles. The minimum Gasteiger partial charge on any atom is -0.299 e. The molecule has 202 valence electrons. The molecule has 0 spiro atoms. The summed E-state index contributed by atoms with van der Waals surface area (Å²) in [7, 11) is 0. The van der Waals surface area contributed by atoms with E-state index in [9.17, 15) is 4.79 Å². The van der Waals surface area contributed by atoms with Crippen molar-refractivity contribution in [2.75, 3.05) is 0 Å². The predicted octanol–water partition coefficient (Wildman–Crippen LogP) is 10.9. The summed E-state index contributed by atoms with van der Waals surface area (Å²) in [6.07, 6.45) is 28.9. The summed E-state index contributed by atoms with van der Waals surface area (Å²) in [5.41, 5.74) is 10.2. The fourth-order valence-corrected chi connectivity index (χ4v) is 5.26. The molecule has 0 radical (unpaired) electrons. The zero-order chi connectivity index (χ0) is 28.1. The summed E-state index contributed by atoms with van der Waals surface area (Å²) in [6, 6.07) is 0. The first-order chi connectivity index (χ1) is 17.3. The number of hydrogen-bond acceptors (Lipinski definition) is 1. The molecule has 0 heterocycles. The van der Waals surface area contributed by atoms with Gasteiger partial charge in [0.25, 0.3) is 0 Å². The fraction of sp³-hybridized carbons (Fsp3) is 0.472. The van der Waals surface area contributed by atoms with Gasteiger partial charge in [-0.1, -0.05) is 111 Å². The highest BCUT2D eigenvalue weighted by Gasteiger charge is 2.27. The first kappa shape index (κ1) is 32.4. The van der Waals surface area contributed by atoms with Crippen LogP contribution in [0.2, 0.25) is 0 Å². The van der Waals surface area contributed by atoms with E-state index < -0.39 is 0 Å². The molecular weight excluding hydrogens is 448 g/mol. The van der Waals surface area contributed by atoms with E-state index in [1.807, 2.05) is 31.2 Å². The van der Waals surface area contributed by atoms with E-state index in [1.54, 1.807) is 11.6 Å². The topological polar surface area (TPSA) is 17.1 Å². The van der Waals surface area contributed by atoms with Crippen LogP contribution in [-0.2, 0) is 4.79 Å². The lowest BCUT2D eigenvalue weighted by Crippen LogP contribution is -2.19. The molecule has 1 heteroatoms. The van der Waals surface area contributed by atoms with Crippen LogP contribution in [-0.4, -0.2) is 6.29 Å². The molecular formula is C36H52O. The van der Waals surface area contributed by atoms with E-state index in [0.717, 1.165) is 11.9 Å². The van der Waals surface area contributed by atoms with Crippen LogP contribution in [0.4, 0.5) is 0 Å². The van der Waals surface area contributed by atoms with Crippen molar-refractivity contribution in [2.24, 2.45) is 10.8 Å². The zero-order valence-corrected chi connectivity index (χ0v) is 25.2. The average molecular weight is 501 g/mol. The number of carbonyl (C=O) groups excluding carboxylic acids is 1. The molecule has 0 aromatic rings. The van der Waals surface area contributed by atoms with Gasteiger partial charge in [-0.25, -0.2) is 0 Å². The summed E-state index contributed by atoms with van der Waals surface area (Å²) in [5.74, 6) is 0. The Kier molecular flexibility index (Phi) is 13.6. The molecule has 0 atom stereocenters. The third kappa shape index (κ3) is 11.5. The Bertz CT molecular complexity index is 1040. The number of carbonyl (C=O) groups is 1. The molecule has 2 rings (SSSR count). The number of rotatable bonds is 8. The van der Waals surface area contributed by atoms with Crippen molar-refractivity contribution < 1.29 is 4.79 Å². The molecule has 0 amide bonds. The van der Waals surface area contributed by atoms with Gasteiger partial charge < -0.3 is 0 Å². The van der Waals surface area contributed by atoms with E-state index in [1.165, 1.54) is 66.4 Å². The highest BCUT2D eigenvalue weighted by molar-refractivity contribution is 5.67. The van der Waals surface area contributed by atoms with Crippen LogP contribution in [0.5, 0.6) is 0 Å². The second-order valence-electron chi connectivity index (χ2n) is 12.0. The van der Waals surface area contributed by atoms with Gasteiger partial charge in [0.1, 0.15) is 6.29 Å². The van der Waals surface area contributed by atoms with Crippen molar-refractivity contribution in [1.29, 1.82) is 0 Å². The molecule has 0 saturated carbocycles. The van der Waals surface area contributed by atoms with Crippen molar-refractivity contribution in [1.82, 2.24) is 0 Å². The van der Waals surface area contributed by atoms with Crippen molar-refractivity contribution in [3.63, 3.8) is 0 Å².